The van der Waals surface area contributed by atoms with Gasteiger partial charge in [-0.25, -0.2) is 0 Å². The van der Waals surface area contributed by atoms with E-state index in [9.17, 15) is 4.79 Å². The van der Waals surface area contributed by atoms with Gasteiger partial charge in [0.2, 0.25) is 5.91 Å². The number of carbonyl (C=O) groups is 1. The van der Waals surface area contributed by atoms with Gasteiger partial charge in [0.05, 0.1) is 0 Å². The van der Waals surface area contributed by atoms with Gasteiger partial charge < -0.3 is 24.7 Å². The average molecular weight is 470 g/mol. The van der Waals surface area contributed by atoms with E-state index < -0.39 is 0 Å². The van der Waals surface area contributed by atoms with Crippen molar-refractivity contribution in [3.8, 4) is 11.5 Å². The molecule has 0 saturated heterocycles. The number of anilines is 1. The molecule has 0 fully saturated rings. The predicted octanol–water partition coefficient (Wildman–Crippen LogP) is 4.89. The molecule has 180 valence electrons. The maximum Gasteiger partial charge on any atom is 0.220 e. The van der Waals surface area contributed by atoms with Gasteiger partial charge >= 0.3 is 0 Å². The van der Waals surface area contributed by atoms with Crippen LogP contribution in [0.3, 0.4) is 0 Å². The summed E-state index contributed by atoms with van der Waals surface area (Å²) in [5.41, 5.74) is 5.67. The zero-order valence-corrected chi connectivity index (χ0v) is 20.2. The van der Waals surface area contributed by atoms with E-state index >= 15 is 0 Å². The number of aromatic amines is 1. The fraction of sp³-hybridized carbons (Fsp3) is 0.276. The van der Waals surface area contributed by atoms with Gasteiger partial charge in [-0.1, -0.05) is 36.4 Å². The maximum atomic E-state index is 12.8. The Morgan fingerprint density at radius 3 is 2.57 bits per heavy atom. The first kappa shape index (κ1) is 22.8. The summed E-state index contributed by atoms with van der Waals surface area (Å²) >= 11 is 0. The number of hydrogen-bond acceptors (Lipinski definition) is 4. The van der Waals surface area contributed by atoms with E-state index in [2.05, 4.69) is 63.9 Å². The Morgan fingerprint density at radius 2 is 1.77 bits per heavy atom. The first-order valence-electron chi connectivity index (χ1n) is 12.1. The highest BCUT2D eigenvalue weighted by Gasteiger charge is 2.20. The minimum atomic E-state index is 0.0367. The number of carbonyl (C=O) groups excluding carboxylic acids is 1. The van der Waals surface area contributed by atoms with Crippen LogP contribution in [0.5, 0.6) is 11.5 Å². The summed E-state index contributed by atoms with van der Waals surface area (Å²) < 4.78 is 11.3. The third-order valence-corrected chi connectivity index (χ3v) is 6.56. The third-order valence-electron chi connectivity index (χ3n) is 6.56. The summed E-state index contributed by atoms with van der Waals surface area (Å²) in [6.45, 7) is 1.66. The molecule has 2 heterocycles. The lowest BCUT2D eigenvalue weighted by atomic mass is 9.90. The molecule has 1 atom stereocenters. The van der Waals surface area contributed by atoms with E-state index in [1.54, 1.807) is 0 Å². The van der Waals surface area contributed by atoms with Crippen molar-refractivity contribution in [2.24, 2.45) is 0 Å². The monoisotopic (exact) mass is 469 g/mol. The Kier molecular flexibility index (Phi) is 6.62. The molecule has 1 aliphatic rings. The van der Waals surface area contributed by atoms with Crippen LogP contribution in [0.4, 0.5) is 5.69 Å². The maximum absolute atomic E-state index is 12.8. The molecule has 5 rings (SSSR count). The van der Waals surface area contributed by atoms with Crippen LogP contribution in [0.2, 0.25) is 0 Å². The summed E-state index contributed by atoms with van der Waals surface area (Å²) in [7, 11) is 4.07. The molecule has 0 aliphatic carbocycles. The van der Waals surface area contributed by atoms with Gasteiger partial charge in [-0.15, -0.1) is 0 Å². The molecule has 4 aromatic rings. The van der Waals surface area contributed by atoms with Gasteiger partial charge in [-0.3, -0.25) is 4.79 Å². The average Bonchev–Trinajstić information content (AvgIpc) is 3.32. The van der Waals surface area contributed by atoms with Gasteiger partial charge in [-0.2, -0.15) is 0 Å². The summed E-state index contributed by atoms with van der Waals surface area (Å²) in [6, 6.07) is 22.8. The number of ether oxygens (including phenoxy) is 2. The number of benzene rings is 3. The Bertz CT molecular complexity index is 1310. The highest BCUT2D eigenvalue weighted by Crippen LogP contribution is 2.32. The van der Waals surface area contributed by atoms with E-state index in [1.807, 2.05) is 38.4 Å². The molecule has 0 bridgehead atoms. The normalized spacial score (nSPS) is 13.4. The molecule has 3 aromatic carbocycles. The largest absolute Gasteiger partial charge is 0.486 e. The van der Waals surface area contributed by atoms with E-state index in [-0.39, 0.29) is 11.8 Å². The van der Waals surface area contributed by atoms with Crippen LogP contribution >= 0.6 is 0 Å². The van der Waals surface area contributed by atoms with E-state index in [0.717, 1.165) is 28.3 Å². The van der Waals surface area contributed by atoms with Crippen LogP contribution < -0.4 is 19.7 Å². The summed E-state index contributed by atoms with van der Waals surface area (Å²) in [5, 5.41) is 4.37. The molecule has 0 spiro atoms. The molecule has 1 unspecified atom stereocenters. The Morgan fingerprint density at radius 1 is 1.00 bits per heavy atom. The van der Waals surface area contributed by atoms with Crippen molar-refractivity contribution in [1.82, 2.24) is 10.3 Å². The minimum absolute atomic E-state index is 0.0367. The fourth-order valence-electron chi connectivity index (χ4n) is 4.60. The molecule has 6 nitrogen and oxygen atoms in total. The SMILES string of the molecule is CN(C)c1ccc(C(CNC(=O)CCc2ccc3c(c2)OCCO3)c2c[nH]c3ccccc23)cc1. The number of H-pyrrole nitrogens is 1. The second-order valence-electron chi connectivity index (χ2n) is 9.11. The Hall–Kier alpha value is -3.93. The fourth-order valence-corrected chi connectivity index (χ4v) is 4.60. The predicted molar refractivity (Wildman–Crippen MR) is 140 cm³/mol. The Balaban J connectivity index is 1.29. The number of hydrogen-bond donors (Lipinski definition) is 2. The molecular weight excluding hydrogens is 438 g/mol. The van der Waals surface area contributed by atoms with E-state index in [0.29, 0.717) is 32.6 Å². The van der Waals surface area contributed by atoms with Crippen molar-refractivity contribution in [2.75, 3.05) is 38.8 Å². The number of aryl methyl sites for hydroxylation is 1. The van der Waals surface area contributed by atoms with Crippen molar-refractivity contribution in [1.29, 1.82) is 0 Å². The lowest BCUT2D eigenvalue weighted by Crippen LogP contribution is -2.29. The molecular formula is C29H31N3O3. The third kappa shape index (κ3) is 5.11. The van der Waals surface area contributed by atoms with Crippen molar-refractivity contribution in [2.45, 2.75) is 18.8 Å². The first-order valence-corrected chi connectivity index (χ1v) is 12.1. The first-order chi connectivity index (χ1) is 17.1. The molecule has 1 amide bonds. The molecule has 0 saturated carbocycles. The molecule has 1 aromatic heterocycles. The van der Waals surface area contributed by atoms with E-state index in [1.165, 1.54) is 16.5 Å². The highest BCUT2D eigenvalue weighted by molar-refractivity contribution is 5.84. The van der Waals surface area contributed by atoms with Crippen molar-refractivity contribution >= 4 is 22.5 Å². The standard InChI is InChI=1S/C29H31N3O3/c1-32(2)22-11-9-21(10-12-22)24(25-19-30-26-6-4-3-5-23(25)26)18-31-29(33)14-8-20-7-13-27-28(17-20)35-16-15-34-27/h3-7,9-13,17,19,24,30H,8,14-16,18H2,1-2H3,(H,31,33). The topological polar surface area (TPSA) is 66.6 Å². The van der Waals surface area contributed by atoms with Crippen LogP contribution in [0.15, 0.2) is 72.9 Å². The van der Waals surface area contributed by atoms with Crippen LogP contribution in [-0.4, -0.2) is 44.7 Å². The quantitative estimate of drug-likeness (QED) is 0.386. The number of aromatic nitrogens is 1. The van der Waals surface area contributed by atoms with Crippen LogP contribution in [0.25, 0.3) is 10.9 Å². The van der Waals surface area contributed by atoms with Gasteiger partial charge in [0.15, 0.2) is 11.5 Å². The Labute approximate surface area is 205 Å². The second-order valence-corrected chi connectivity index (χ2v) is 9.11. The number of nitrogens with zero attached hydrogens (tertiary/aromatic N) is 1. The molecule has 6 heteroatoms. The van der Waals surface area contributed by atoms with Gasteiger partial charge in [-0.05, 0) is 53.4 Å². The summed E-state index contributed by atoms with van der Waals surface area (Å²) in [4.78, 5) is 18.3. The second kappa shape index (κ2) is 10.1. The zero-order chi connectivity index (χ0) is 24.2. The number of amides is 1. The molecule has 1 aliphatic heterocycles. The van der Waals surface area contributed by atoms with Gasteiger partial charge in [0.25, 0.3) is 0 Å². The number of nitrogens with one attached hydrogen (secondary N) is 2. The summed E-state index contributed by atoms with van der Waals surface area (Å²) in [5.74, 6) is 1.61. The molecule has 0 radical (unpaired) electrons. The van der Waals surface area contributed by atoms with E-state index in [4.69, 9.17) is 9.47 Å². The van der Waals surface area contributed by atoms with Crippen LogP contribution in [0.1, 0.15) is 29.0 Å². The zero-order valence-electron chi connectivity index (χ0n) is 20.2. The smallest absolute Gasteiger partial charge is 0.220 e. The lowest BCUT2D eigenvalue weighted by Gasteiger charge is -2.20. The number of para-hydroxylation sites is 1. The lowest BCUT2D eigenvalue weighted by molar-refractivity contribution is -0.121. The summed E-state index contributed by atoms with van der Waals surface area (Å²) in [6.07, 6.45) is 3.13. The molecule has 35 heavy (non-hydrogen) atoms. The number of fused-ring (bicyclic) bond motifs is 2. The van der Waals surface area contributed by atoms with Crippen LogP contribution in [0, 0.1) is 0 Å². The van der Waals surface area contributed by atoms with Gasteiger partial charge in [0.1, 0.15) is 13.2 Å². The minimum Gasteiger partial charge on any atom is -0.486 e. The van der Waals surface area contributed by atoms with Crippen LogP contribution in [-0.2, 0) is 11.2 Å². The van der Waals surface area contributed by atoms with Crippen molar-refractivity contribution in [3.05, 3.63) is 89.6 Å². The van der Waals surface area contributed by atoms with Gasteiger partial charge in [0, 0.05) is 55.8 Å². The number of rotatable bonds is 8. The van der Waals surface area contributed by atoms with Crippen molar-refractivity contribution < 1.29 is 14.3 Å². The van der Waals surface area contributed by atoms with Crippen molar-refractivity contribution in [3.63, 3.8) is 0 Å². The highest BCUT2D eigenvalue weighted by atomic mass is 16.6. The molecule has 2 N–H and O–H groups in total.